The van der Waals surface area contributed by atoms with Crippen LogP contribution in [0.5, 0.6) is 17.4 Å². The second-order valence-electron chi connectivity index (χ2n) is 6.87. The lowest BCUT2D eigenvalue weighted by Crippen LogP contribution is -2.37. The molecule has 3 aromatic rings. The molecule has 0 saturated carbocycles. The van der Waals surface area contributed by atoms with Crippen LogP contribution < -0.4 is 19.1 Å². The zero-order chi connectivity index (χ0) is 22.7. The van der Waals surface area contributed by atoms with Crippen LogP contribution >= 0.6 is 11.8 Å². The van der Waals surface area contributed by atoms with Crippen LogP contribution in [-0.2, 0) is 4.79 Å². The third kappa shape index (κ3) is 3.84. The summed E-state index contributed by atoms with van der Waals surface area (Å²) in [5.74, 6) is 2.02. The molecule has 166 valence electrons. The fraction of sp³-hybridized carbons (Fsp3) is 0.304. The third-order valence-electron chi connectivity index (χ3n) is 5.06. The van der Waals surface area contributed by atoms with Crippen molar-refractivity contribution in [3.8, 4) is 28.6 Å². The van der Waals surface area contributed by atoms with Gasteiger partial charge in [-0.2, -0.15) is 4.98 Å². The van der Waals surface area contributed by atoms with Gasteiger partial charge in [0.2, 0.25) is 23.2 Å². The van der Waals surface area contributed by atoms with Gasteiger partial charge in [0.05, 0.1) is 25.5 Å². The van der Waals surface area contributed by atoms with Crippen LogP contribution in [0.25, 0.3) is 11.3 Å². The van der Waals surface area contributed by atoms with Crippen LogP contribution in [0.3, 0.4) is 0 Å². The predicted molar refractivity (Wildman–Crippen MR) is 122 cm³/mol. The maximum absolute atomic E-state index is 13.3. The highest BCUT2D eigenvalue weighted by molar-refractivity contribution is 7.99. The number of ether oxygens (including phenoxy) is 3. The number of carbonyl (C=O) groups is 1. The Balaban J connectivity index is 1.99. The number of hydrogen-bond acceptors (Lipinski definition) is 8. The summed E-state index contributed by atoms with van der Waals surface area (Å²) in [6.45, 7) is 3.83. The van der Waals surface area contributed by atoms with Crippen molar-refractivity contribution in [2.24, 2.45) is 0 Å². The molecule has 4 rings (SSSR count). The molecule has 0 radical (unpaired) electrons. The number of benzene rings is 2. The van der Waals surface area contributed by atoms with Gasteiger partial charge in [-0.3, -0.25) is 9.69 Å². The van der Waals surface area contributed by atoms with Crippen LogP contribution in [0.15, 0.2) is 47.6 Å². The molecule has 0 saturated heterocycles. The van der Waals surface area contributed by atoms with Crippen LogP contribution in [0.4, 0.5) is 5.69 Å². The van der Waals surface area contributed by atoms with Crippen molar-refractivity contribution in [1.29, 1.82) is 0 Å². The van der Waals surface area contributed by atoms with Crippen molar-refractivity contribution in [1.82, 2.24) is 15.2 Å². The molecule has 1 aliphatic heterocycles. The highest BCUT2D eigenvalue weighted by Gasteiger charge is 2.37. The predicted octanol–water partition coefficient (Wildman–Crippen LogP) is 4.50. The van der Waals surface area contributed by atoms with Gasteiger partial charge in [0, 0.05) is 12.0 Å². The topological polar surface area (TPSA) is 86.7 Å². The standard InChI is InChI=1S/C23H24N4O4S/c1-5-18(28)27-16-12-8-7-10-14(16)19-21(24-23(26-25-19)32-6-2)31-22(27)15-11-9-13-17(29-3)20(15)30-4/h7-13,22H,5-6H2,1-4H3/t22-/m1/s1. The first kappa shape index (κ1) is 21.9. The van der Waals surface area contributed by atoms with E-state index in [4.69, 9.17) is 14.2 Å². The number of fused-ring (bicyclic) bond motifs is 3. The lowest BCUT2D eigenvalue weighted by molar-refractivity contribution is -0.120. The summed E-state index contributed by atoms with van der Waals surface area (Å²) in [7, 11) is 3.13. The Hall–Kier alpha value is -3.33. The van der Waals surface area contributed by atoms with Crippen molar-refractivity contribution in [3.05, 3.63) is 48.0 Å². The zero-order valence-electron chi connectivity index (χ0n) is 18.4. The van der Waals surface area contributed by atoms with Gasteiger partial charge in [0.25, 0.3) is 0 Å². The van der Waals surface area contributed by atoms with Crippen LogP contribution in [0, 0.1) is 0 Å². The minimum absolute atomic E-state index is 0.115. The van der Waals surface area contributed by atoms with E-state index >= 15 is 0 Å². The molecule has 0 spiro atoms. The van der Waals surface area contributed by atoms with Crippen molar-refractivity contribution in [2.45, 2.75) is 31.7 Å². The van der Waals surface area contributed by atoms with E-state index in [1.807, 2.05) is 50.2 Å². The summed E-state index contributed by atoms with van der Waals surface area (Å²) in [4.78, 5) is 19.5. The second-order valence-corrected chi connectivity index (χ2v) is 8.10. The first-order valence-electron chi connectivity index (χ1n) is 10.3. The van der Waals surface area contributed by atoms with Gasteiger partial charge in [0.15, 0.2) is 17.2 Å². The maximum atomic E-state index is 13.3. The second kappa shape index (κ2) is 9.44. The average Bonchev–Trinajstić information content (AvgIpc) is 2.97. The Morgan fingerprint density at radius 1 is 1.09 bits per heavy atom. The third-order valence-corrected chi connectivity index (χ3v) is 5.78. The number of aromatic nitrogens is 3. The Morgan fingerprint density at radius 3 is 2.62 bits per heavy atom. The molecule has 0 aliphatic carbocycles. The number of rotatable bonds is 6. The molecule has 32 heavy (non-hydrogen) atoms. The number of nitrogens with zero attached hydrogens (tertiary/aromatic N) is 4. The van der Waals surface area contributed by atoms with E-state index in [2.05, 4.69) is 15.2 Å². The van der Waals surface area contributed by atoms with Gasteiger partial charge < -0.3 is 14.2 Å². The minimum Gasteiger partial charge on any atom is -0.493 e. The van der Waals surface area contributed by atoms with Crippen molar-refractivity contribution in [2.75, 3.05) is 24.9 Å². The first-order valence-corrected chi connectivity index (χ1v) is 11.3. The Labute approximate surface area is 190 Å². The number of amides is 1. The number of carbonyl (C=O) groups excluding carboxylic acids is 1. The van der Waals surface area contributed by atoms with E-state index in [-0.39, 0.29) is 12.3 Å². The molecule has 0 unspecified atom stereocenters. The molecule has 1 amide bonds. The number of thioether (sulfide) groups is 1. The highest BCUT2D eigenvalue weighted by Crippen LogP contribution is 2.46. The molecule has 9 heteroatoms. The average molecular weight is 453 g/mol. The Morgan fingerprint density at radius 2 is 1.91 bits per heavy atom. The van der Waals surface area contributed by atoms with Gasteiger partial charge in [-0.05, 0) is 24.0 Å². The lowest BCUT2D eigenvalue weighted by Gasteiger charge is -2.31. The van der Waals surface area contributed by atoms with Crippen LogP contribution in [0.2, 0.25) is 0 Å². The van der Waals surface area contributed by atoms with Crippen LogP contribution in [0.1, 0.15) is 32.1 Å². The molecule has 0 bridgehead atoms. The Bertz CT molecular complexity index is 1140. The molecule has 1 aliphatic rings. The van der Waals surface area contributed by atoms with E-state index < -0.39 is 6.23 Å². The summed E-state index contributed by atoms with van der Waals surface area (Å²) >= 11 is 1.47. The van der Waals surface area contributed by atoms with Gasteiger partial charge >= 0.3 is 0 Å². The summed E-state index contributed by atoms with van der Waals surface area (Å²) in [5.41, 5.74) is 2.51. The van der Waals surface area contributed by atoms with Crippen molar-refractivity contribution < 1.29 is 19.0 Å². The van der Waals surface area contributed by atoms with Gasteiger partial charge in [-0.1, -0.05) is 49.9 Å². The van der Waals surface area contributed by atoms with Crippen molar-refractivity contribution in [3.63, 3.8) is 0 Å². The largest absolute Gasteiger partial charge is 0.493 e. The zero-order valence-corrected chi connectivity index (χ0v) is 19.2. The summed E-state index contributed by atoms with van der Waals surface area (Å²) in [6, 6.07) is 13.0. The fourth-order valence-corrected chi connectivity index (χ4v) is 4.16. The van der Waals surface area contributed by atoms with E-state index in [0.717, 1.165) is 11.3 Å². The molecule has 0 N–H and O–H groups in total. The van der Waals surface area contributed by atoms with E-state index in [0.29, 0.717) is 39.5 Å². The molecular weight excluding hydrogens is 428 g/mol. The fourth-order valence-electron chi connectivity index (χ4n) is 3.65. The molecule has 1 aromatic heterocycles. The van der Waals surface area contributed by atoms with Gasteiger partial charge in [0.1, 0.15) is 0 Å². The number of hydrogen-bond donors (Lipinski definition) is 0. The smallest absolute Gasteiger partial charge is 0.247 e. The highest BCUT2D eigenvalue weighted by atomic mass is 32.2. The quantitative estimate of drug-likeness (QED) is 0.505. The van der Waals surface area contributed by atoms with Gasteiger partial charge in [-0.25, -0.2) is 0 Å². The monoisotopic (exact) mass is 452 g/mol. The number of methoxy groups -OCH3 is 2. The molecule has 2 aromatic carbocycles. The van der Waals surface area contributed by atoms with E-state index in [1.165, 1.54) is 11.8 Å². The molecule has 0 fully saturated rings. The SMILES string of the molecule is CCSc1nnc2c(n1)O[C@H](c1cccc(OC)c1OC)N(C(=O)CC)c1ccccc1-2. The minimum atomic E-state index is -0.842. The van der Waals surface area contributed by atoms with E-state index in [1.54, 1.807) is 25.2 Å². The normalized spacial score (nSPS) is 14.6. The first-order chi connectivity index (χ1) is 15.6. The lowest BCUT2D eigenvalue weighted by atomic mass is 10.1. The van der Waals surface area contributed by atoms with Crippen molar-refractivity contribution >= 4 is 23.4 Å². The maximum Gasteiger partial charge on any atom is 0.247 e. The molecule has 1 atom stereocenters. The summed E-state index contributed by atoms with van der Waals surface area (Å²) in [5, 5.41) is 9.17. The van der Waals surface area contributed by atoms with Crippen LogP contribution in [-0.4, -0.2) is 41.1 Å². The Kier molecular flexibility index (Phi) is 6.45. The summed E-state index contributed by atoms with van der Waals surface area (Å²) < 4.78 is 17.6. The number of anilines is 1. The molecule has 2 heterocycles. The van der Waals surface area contributed by atoms with Gasteiger partial charge in [-0.15, -0.1) is 10.2 Å². The molecular formula is C23H24N4O4S. The number of para-hydroxylation sites is 2. The van der Waals surface area contributed by atoms with E-state index in [9.17, 15) is 4.79 Å². The summed E-state index contributed by atoms with van der Waals surface area (Å²) in [6.07, 6.45) is -0.557. The molecule has 8 nitrogen and oxygen atoms in total.